The van der Waals surface area contributed by atoms with Crippen LogP contribution in [0.25, 0.3) is 11.0 Å². The third-order valence-corrected chi connectivity index (χ3v) is 2.14. The molecule has 0 saturated heterocycles. The van der Waals surface area contributed by atoms with Gasteiger partial charge < -0.3 is 4.98 Å². The highest BCUT2D eigenvalue weighted by Gasteiger charge is 2.30. The van der Waals surface area contributed by atoms with Crippen LogP contribution in [-0.2, 0) is 6.18 Å². The lowest BCUT2D eigenvalue weighted by molar-refractivity contribution is -0.137. The van der Waals surface area contributed by atoms with Crippen molar-refractivity contribution in [3.63, 3.8) is 0 Å². The van der Waals surface area contributed by atoms with Crippen molar-refractivity contribution in [1.29, 1.82) is 0 Å². The number of nitrogens with one attached hydrogen (secondary N) is 1. The molecule has 6 heteroatoms. The number of benzene rings is 1. The van der Waals surface area contributed by atoms with Crippen LogP contribution < -0.4 is 0 Å². The second kappa shape index (κ2) is 3.33. The Labute approximate surface area is 88.3 Å². The van der Waals surface area contributed by atoms with Gasteiger partial charge in [0.15, 0.2) is 11.6 Å². The molecule has 16 heavy (non-hydrogen) atoms. The number of alkyl halides is 3. The number of aromatic amines is 1. The first kappa shape index (κ1) is 10.7. The van der Waals surface area contributed by atoms with Gasteiger partial charge in [0.2, 0.25) is 0 Å². The molecule has 2 aromatic rings. The highest BCUT2D eigenvalue weighted by atomic mass is 19.4. The van der Waals surface area contributed by atoms with Crippen molar-refractivity contribution >= 4 is 16.8 Å². The van der Waals surface area contributed by atoms with E-state index in [0.717, 1.165) is 12.1 Å². The van der Waals surface area contributed by atoms with Gasteiger partial charge in [-0.1, -0.05) is 0 Å². The summed E-state index contributed by atoms with van der Waals surface area (Å²) in [5.74, 6) is -0.251. The van der Waals surface area contributed by atoms with Crippen LogP contribution in [0.1, 0.15) is 23.1 Å². The number of nitrogens with zero attached hydrogens (tertiary/aromatic N) is 1. The van der Waals surface area contributed by atoms with Gasteiger partial charge in [0.25, 0.3) is 0 Å². The van der Waals surface area contributed by atoms with Crippen LogP contribution in [0.5, 0.6) is 0 Å². The first-order valence-corrected chi connectivity index (χ1v) is 4.46. The number of ketones is 1. The van der Waals surface area contributed by atoms with E-state index in [2.05, 4.69) is 9.97 Å². The minimum absolute atomic E-state index is 0.0642. The number of fused-ring (bicyclic) bond motifs is 1. The molecule has 0 saturated carbocycles. The molecule has 1 aromatic carbocycles. The molecule has 0 atom stereocenters. The number of hydrogen-bond acceptors (Lipinski definition) is 2. The van der Waals surface area contributed by atoms with Crippen molar-refractivity contribution in [1.82, 2.24) is 9.97 Å². The van der Waals surface area contributed by atoms with Gasteiger partial charge in [0, 0.05) is 6.92 Å². The molecule has 0 aliphatic heterocycles. The number of carbonyl (C=O) groups is 1. The zero-order chi connectivity index (χ0) is 11.9. The summed E-state index contributed by atoms with van der Waals surface area (Å²) >= 11 is 0. The van der Waals surface area contributed by atoms with E-state index in [9.17, 15) is 18.0 Å². The van der Waals surface area contributed by atoms with Crippen LogP contribution in [0, 0.1) is 0 Å². The van der Waals surface area contributed by atoms with Crippen molar-refractivity contribution in [3.8, 4) is 0 Å². The Hall–Kier alpha value is -1.85. The second-order valence-corrected chi connectivity index (χ2v) is 3.37. The number of H-pyrrole nitrogens is 1. The fourth-order valence-electron chi connectivity index (χ4n) is 1.35. The molecule has 0 aliphatic carbocycles. The summed E-state index contributed by atoms with van der Waals surface area (Å²) in [5, 5.41) is 0. The van der Waals surface area contributed by atoms with E-state index in [1.807, 2.05) is 0 Å². The predicted octanol–water partition coefficient (Wildman–Crippen LogP) is 2.78. The third-order valence-electron chi connectivity index (χ3n) is 2.14. The molecule has 0 bridgehead atoms. The summed E-state index contributed by atoms with van der Waals surface area (Å²) in [6, 6.07) is 3.13. The number of rotatable bonds is 1. The van der Waals surface area contributed by atoms with E-state index >= 15 is 0 Å². The Morgan fingerprint density at radius 3 is 2.62 bits per heavy atom. The van der Waals surface area contributed by atoms with Crippen molar-refractivity contribution in [2.24, 2.45) is 0 Å². The molecule has 0 fully saturated rings. The lowest BCUT2D eigenvalue weighted by atomic mass is 10.2. The Morgan fingerprint density at radius 1 is 1.38 bits per heavy atom. The second-order valence-electron chi connectivity index (χ2n) is 3.37. The maximum absolute atomic E-state index is 12.4. The summed E-state index contributed by atoms with van der Waals surface area (Å²) in [7, 11) is 0. The van der Waals surface area contributed by atoms with E-state index in [0.29, 0.717) is 5.52 Å². The van der Waals surface area contributed by atoms with Crippen LogP contribution in [-0.4, -0.2) is 15.8 Å². The summed E-state index contributed by atoms with van der Waals surface area (Å²) < 4.78 is 37.1. The first-order chi connectivity index (χ1) is 7.38. The molecule has 0 unspecified atom stereocenters. The molecule has 84 valence electrons. The Bertz CT molecular complexity index is 557. The fourth-order valence-corrected chi connectivity index (χ4v) is 1.35. The lowest BCUT2D eigenvalue weighted by Gasteiger charge is -2.04. The number of imidazole rings is 1. The van der Waals surface area contributed by atoms with Gasteiger partial charge in [-0.25, -0.2) is 4.98 Å². The van der Waals surface area contributed by atoms with Gasteiger partial charge in [-0.05, 0) is 18.2 Å². The number of Topliss-reactive ketones (excluding diaryl/α,β-unsaturated/α-hetero) is 1. The van der Waals surface area contributed by atoms with Crippen molar-refractivity contribution in [3.05, 3.63) is 29.6 Å². The van der Waals surface area contributed by atoms with E-state index in [1.165, 1.54) is 13.0 Å². The summed E-state index contributed by atoms with van der Waals surface area (Å²) in [4.78, 5) is 17.4. The average Bonchev–Trinajstić information content (AvgIpc) is 2.58. The largest absolute Gasteiger partial charge is 0.416 e. The van der Waals surface area contributed by atoms with Crippen LogP contribution in [0.15, 0.2) is 18.2 Å². The normalized spacial score (nSPS) is 12.0. The summed E-state index contributed by atoms with van der Waals surface area (Å²) in [6.45, 7) is 1.29. The van der Waals surface area contributed by atoms with E-state index < -0.39 is 11.7 Å². The number of halogens is 3. The molecular formula is C10H7F3N2O. The van der Waals surface area contributed by atoms with Crippen LogP contribution >= 0.6 is 0 Å². The molecule has 1 heterocycles. The minimum atomic E-state index is -4.40. The quantitative estimate of drug-likeness (QED) is 0.763. The highest BCUT2D eigenvalue weighted by molar-refractivity contribution is 5.94. The van der Waals surface area contributed by atoms with Crippen molar-refractivity contribution in [2.45, 2.75) is 13.1 Å². The Balaban J connectivity index is 2.58. The molecule has 0 spiro atoms. The molecule has 2 rings (SSSR count). The van der Waals surface area contributed by atoms with Gasteiger partial charge in [-0.15, -0.1) is 0 Å². The zero-order valence-electron chi connectivity index (χ0n) is 8.22. The molecule has 0 amide bonds. The standard InChI is InChI=1S/C10H7F3N2O/c1-5(16)9-14-7-3-2-6(10(11,12)13)4-8(7)15-9/h2-4H,1H3,(H,14,15). The first-order valence-electron chi connectivity index (χ1n) is 4.46. The summed E-state index contributed by atoms with van der Waals surface area (Å²) in [5.41, 5.74) is -0.222. The molecule has 1 N–H and O–H groups in total. The lowest BCUT2D eigenvalue weighted by Crippen LogP contribution is -2.04. The van der Waals surface area contributed by atoms with E-state index in [4.69, 9.17) is 0 Å². The molecule has 0 radical (unpaired) electrons. The molecule has 3 nitrogen and oxygen atoms in total. The smallest absolute Gasteiger partial charge is 0.335 e. The van der Waals surface area contributed by atoms with Gasteiger partial charge in [0.05, 0.1) is 16.6 Å². The van der Waals surface area contributed by atoms with Crippen LogP contribution in [0.4, 0.5) is 13.2 Å². The maximum atomic E-state index is 12.4. The number of aromatic nitrogens is 2. The van der Waals surface area contributed by atoms with Gasteiger partial charge in [0.1, 0.15) is 0 Å². The van der Waals surface area contributed by atoms with Crippen LogP contribution in [0.3, 0.4) is 0 Å². The van der Waals surface area contributed by atoms with Gasteiger partial charge in [-0.3, -0.25) is 4.79 Å². The van der Waals surface area contributed by atoms with Crippen LogP contribution in [0.2, 0.25) is 0 Å². The predicted molar refractivity (Wildman–Crippen MR) is 51.1 cm³/mol. The minimum Gasteiger partial charge on any atom is -0.335 e. The van der Waals surface area contributed by atoms with E-state index in [1.54, 1.807) is 0 Å². The zero-order valence-corrected chi connectivity index (χ0v) is 8.22. The Morgan fingerprint density at radius 2 is 2.06 bits per heavy atom. The van der Waals surface area contributed by atoms with Gasteiger partial charge in [-0.2, -0.15) is 13.2 Å². The number of carbonyl (C=O) groups excluding carboxylic acids is 1. The van der Waals surface area contributed by atoms with E-state index in [-0.39, 0.29) is 17.1 Å². The Kier molecular flexibility index (Phi) is 2.22. The SMILES string of the molecule is CC(=O)c1nc2cc(C(F)(F)F)ccc2[nH]1. The van der Waals surface area contributed by atoms with Crippen molar-refractivity contribution < 1.29 is 18.0 Å². The topological polar surface area (TPSA) is 45.8 Å². The van der Waals surface area contributed by atoms with Crippen molar-refractivity contribution in [2.75, 3.05) is 0 Å². The summed E-state index contributed by atoms with van der Waals surface area (Å²) in [6.07, 6.45) is -4.40. The molecule has 1 aromatic heterocycles. The molecular weight excluding hydrogens is 221 g/mol. The van der Waals surface area contributed by atoms with Gasteiger partial charge >= 0.3 is 6.18 Å². The fraction of sp³-hybridized carbons (Fsp3) is 0.200. The molecule has 0 aliphatic rings. The maximum Gasteiger partial charge on any atom is 0.416 e. The average molecular weight is 228 g/mol. The number of hydrogen-bond donors (Lipinski definition) is 1. The third kappa shape index (κ3) is 1.78. The highest BCUT2D eigenvalue weighted by Crippen LogP contribution is 2.30. The monoisotopic (exact) mass is 228 g/mol.